The fourth-order valence-electron chi connectivity index (χ4n) is 1.38. The molecule has 1 aromatic carbocycles. The Kier molecular flexibility index (Phi) is 1.96. The van der Waals surface area contributed by atoms with Crippen LogP contribution in [0, 0.1) is 11.6 Å². The van der Waals surface area contributed by atoms with Crippen LogP contribution in [0.25, 0.3) is 0 Å². The molecule has 0 fully saturated rings. The van der Waals surface area contributed by atoms with E-state index >= 15 is 0 Å². The van der Waals surface area contributed by atoms with Crippen molar-refractivity contribution < 1.29 is 8.78 Å². The maximum Gasteiger partial charge on any atom is 0.131 e. The van der Waals surface area contributed by atoms with E-state index in [2.05, 4.69) is 10.5 Å². The summed E-state index contributed by atoms with van der Waals surface area (Å²) in [5.74, 6) is -1.05. The third-order valence-corrected chi connectivity index (χ3v) is 2.01. The quantitative estimate of drug-likeness (QED) is 0.705. The van der Waals surface area contributed by atoms with Gasteiger partial charge in [0, 0.05) is 18.2 Å². The van der Waals surface area contributed by atoms with Gasteiger partial charge in [-0.15, -0.1) is 0 Å². The molecule has 1 N–H and O–H groups in total. The van der Waals surface area contributed by atoms with Crippen molar-refractivity contribution >= 4 is 6.21 Å². The van der Waals surface area contributed by atoms with Gasteiger partial charge in [0.1, 0.15) is 11.6 Å². The fourth-order valence-corrected chi connectivity index (χ4v) is 1.38. The Hall–Kier alpha value is -1.45. The molecule has 1 unspecified atom stereocenters. The van der Waals surface area contributed by atoms with Gasteiger partial charge >= 0.3 is 0 Å². The van der Waals surface area contributed by atoms with Crippen LogP contribution < -0.4 is 5.43 Å². The zero-order valence-corrected chi connectivity index (χ0v) is 6.80. The summed E-state index contributed by atoms with van der Waals surface area (Å²) in [5.41, 5.74) is 2.71. The van der Waals surface area contributed by atoms with Gasteiger partial charge in [-0.1, -0.05) is 6.07 Å². The van der Waals surface area contributed by atoms with Gasteiger partial charge in [-0.25, -0.2) is 8.78 Å². The first-order valence-corrected chi connectivity index (χ1v) is 4.00. The second kappa shape index (κ2) is 3.12. The summed E-state index contributed by atoms with van der Waals surface area (Å²) in [7, 11) is 0. The molecular formula is C9H8F2N2. The molecule has 0 aromatic heterocycles. The van der Waals surface area contributed by atoms with Gasteiger partial charge in [0.15, 0.2) is 0 Å². The predicted molar refractivity (Wildman–Crippen MR) is 45.3 cm³/mol. The highest BCUT2D eigenvalue weighted by molar-refractivity contribution is 5.60. The third-order valence-electron chi connectivity index (χ3n) is 2.01. The molecule has 1 atom stereocenters. The lowest BCUT2D eigenvalue weighted by molar-refractivity contribution is 0.501. The average molecular weight is 182 g/mol. The molecule has 4 heteroatoms. The summed E-state index contributed by atoms with van der Waals surface area (Å²) >= 11 is 0. The predicted octanol–water partition coefficient (Wildman–Crippen LogP) is 1.99. The van der Waals surface area contributed by atoms with Gasteiger partial charge < -0.3 is 5.43 Å². The van der Waals surface area contributed by atoms with E-state index in [4.69, 9.17) is 0 Å². The van der Waals surface area contributed by atoms with Crippen molar-refractivity contribution in [1.29, 1.82) is 0 Å². The van der Waals surface area contributed by atoms with Crippen LogP contribution in [0.3, 0.4) is 0 Å². The number of hydrogen-bond acceptors (Lipinski definition) is 2. The average Bonchev–Trinajstić information content (AvgIpc) is 2.57. The SMILES string of the molecule is Fc1cccc(F)c1C1CC=NN1. The van der Waals surface area contributed by atoms with Gasteiger partial charge in [0.2, 0.25) is 0 Å². The van der Waals surface area contributed by atoms with Gasteiger partial charge in [-0.2, -0.15) is 5.10 Å². The molecule has 0 saturated carbocycles. The Morgan fingerprint density at radius 2 is 2.00 bits per heavy atom. The maximum atomic E-state index is 13.2. The van der Waals surface area contributed by atoms with Gasteiger partial charge in [0.05, 0.1) is 6.04 Å². The van der Waals surface area contributed by atoms with Crippen LogP contribution in [0.5, 0.6) is 0 Å². The number of halogens is 2. The molecule has 1 aromatic rings. The number of nitrogens with zero attached hydrogens (tertiary/aromatic N) is 1. The fraction of sp³-hybridized carbons (Fsp3) is 0.222. The molecule has 0 aliphatic carbocycles. The summed E-state index contributed by atoms with van der Waals surface area (Å²) in [6, 6.07) is 3.49. The Balaban J connectivity index is 2.38. The lowest BCUT2D eigenvalue weighted by Crippen LogP contribution is -2.13. The molecule has 1 heterocycles. The van der Waals surface area contributed by atoms with Gasteiger partial charge in [-0.05, 0) is 12.1 Å². The molecule has 0 radical (unpaired) electrons. The molecule has 13 heavy (non-hydrogen) atoms. The molecule has 1 aliphatic heterocycles. The van der Waals surface area contributed by atoms with E-state index in [0.717, 1.165) is 0 Å². The first-order valence-electron chi connectivity index (χ1n) is 4.00. The summed E-state index contributed by atoms with van der Waals surface area (Å²) in [6.45, 7) is 0. The Bertz CT molecular complexity index is 321. The monoisotopic (exact) mass is 182 g/mol. The molecule has 0 spiro atoms. The van der Waals surface area contributed by atoms with E-state index < -0.39 is 11.6 Å². The molecule has 2 rings (SSSR count). The van der Waals surface area contributed by atoms with Crippen molar-refractivity contribution in [3.8, 4) is 0 Å². The highest BCUT2D eigenvalue weighted by Gasteiger charge is 2.20. The zero-order chi connectivity index (χ0) is 9.26. The van der Waals surface area contributed by atoms with Crippen molar-refractivity contribution in [3.63, 3.8) is 0 Å². The molecular weight excluding hydrogens is 174 g/mol. The van der Waals surface area contributed by atoms with Crippen LogP contribution in [0.1, 0.15) is 18.0 Å². The minimum atomic E-state index is -0.525. The number of hydrogen-bond donors (Lipinski definition) is 1. The van der Waals surface area contributed by atoms with E-state index in [1.54, 1.807) is 6.21 Å². The van der Waals surface area contributed by atoms with Crippen LogP contribution >= 0.6 is 0 Å². The smallest absolute Gasteiger partial charge is 0.131 e. The second-order valence-electron chi connectivity index (χ2n) is 2.86. The molecule has 68 valence electrons. The van der Waals surface area contributed by atoms with Gasteiger partial charge in [-0.3, -0.25) is 0 Å². The summed E-state index contributed by atoms with van der Waals surface area (Å²) < 4.78 is 26.3. The first-order chi connectivity index (χ1) is 6.29. The molecule has 0 amide bonds. The van der Waals surface area contributed by atoms with E-state index in [0.29, 0.717) is 6.42 Å². The van der Waals surface area contributed by atoms with Crippen molar-refractivity contribution in [2.24, 2.45) is 5.10 Å². The molecule has 0 saturated heterocycles. The summed E-state index contributed by atoms with van der Waals surface area (Å²) in [6.07, 6.45) is 2.13. The van der Waals surface area contributed by atoms with Crippen LogP contribution in [0.2, 0.25) is 0 Å². The second-order valence-corrected chi connectivity index (χ2v) is 2.86. The zero-order valence-electron chi connectivity index (χ0n) is 6.80. The van der Waals surface area contributed by atoms with Crippen LogP contribution in [-0.4, -0.2) is 6.21 Å². The minimum absolute atomic E-state index is 0.0694. The van der Waals surface area contributed by atoms with Crippen molar-refractivity contribution in [1.82, 2.24) is 5.43 Å². The minimum Gasteiger partial charge on any atom is -0.302 e. The Morgan fingerprint density at radius 1 is 1.31 bits per heavy atom. The summed E-state index contributed by atoms with van der Waals surface area (Å²) in [4.78, 5) is 0. The normalized spacial score (nSPS) is 20.3. The van der Waals surface area contributed by atoms with Crippen LogP contribution in [-0.2, 0) is 0 Å². The molecule has 1 aliphatic rings. The lowest BCUT2D eigenvalue weighted by Gasteiger charge is -2.11. The highest BCUT2D eigenvalue weighted by atomic mass is 19.1. The van der Waals surface area contributed by atoms with Crippen LogP contribution in [0.4, 0.5) is 8.78 Å². The highest BCUT2D eigenvalue weighted by Crippen LogP contribution is 2.24. The van der Waals surface area contributed by atoms with E-state index in [9.17, 15) is 8.78 Å². The van der Waals surface area contributed by atoms with Crippen LogP contribution in [0.15, 0.2) is 23.3 Å². The largest absolute Gasteiger partial charge is 0.302 e. The Morgan fingerprint density at radius 3 is 2.54 bits per heavy atom. The first kappa shape index (κ1) is 8.16. The van der Waals surface area contributed by atoms with Crippen molar-refractivity contribution in [2.75, 3.05) is 0 Å². The van der Waals surface area contributed by atoms with E-state index in [1.807, 2.05) is 0 Å². The third kappa shape index (κ3) is 1.39. The number of hydrazone groups is 1. The van der Waals surface area contributed by atoms with E-state index in [1.165, 1.54) is 18.2 Å². The Labute approximate surface area is 74.3 Å². The molecule has 0 bridgehead atoms. The maximum absolute atomic E-state index is 13.2. The summed E-state index contributed by atoms with van der Waals surface area (Å²) in [5, 5.41) is 3.72. The number of rotatable bonds is 1. The lowest BCUT2D eigenvalue weighted by atomic mass is 10.0. The number of benzene rings is 1. The van der Waals surface area contributed by atoms with Crippen molar-refractivity contribution in [2.45, 2.75) is 12.5 Å². The van der Waals surface area contributed by atoms with Crippen molar-refractivity contribution in [3.05, 3.63) is 35.4 Å². The standard InChI is InChI=1S/C9H8F2N2/c10-6-2-1-3-7(11)9(6)8-4-5-12-13-8/h1-3,5,8,13H,4H2. The molecule has 2 nitrogen and oxygen atoms in total. The van der Waals surface area contributed by atoms with Gasteiger partial charge in [0.25, 0.3) is 0 Å². The van der Waals surface area contributed by atoms with E-state index in [-0.39, 0.29) is 11.6 Å². The number of nitrogens with one attached hydrogen (secondary N) is 1. The topological polar surface area (TPSA) is 24.4 Å².